The lowest BCUT2D eigenvalue weighted by molar-refractivity contribution is -0.0463. The van der Waals surface area contributed by atoms with Gasteiger partial charge < -0.3 is 9.47 Å². The van der Waals surface area contributed by atoms with Crippen LogP contribution in [0.1, 0.15) is 19.8 Å². The molecule has 1 rings (SSSR count). The van der Waals surface area contributed by atoms with Crippen molar-refractivity contribution in [3.63, 3.8) is 0 Å². The molecule has 1 saturated heterocycles. The summed E-state index contributed by atoms with van der Waals surface area (Å²) in [6.07, 6.45) is 2.14. The van der Waals surface area contributed by atoms with Crippen LogP contribution >= 0.6 is 15.9 Å². The van der Waals surface area contributed by atoms with E-state index in [1.165, 1.54) is 0 Å². The van der Waals surface area contributed by atoms with Gasteiger partial charge in [0.1, 0.15) is 0 Å². The molecule has 0 N–H and O–H groups in total. The summed E-state index contributed by atoms with van der Waals surface area (Å²) in [5.41, 5.74) is 0. The van der Waals surface area contributed by atoms with Gasteiger partial charge in [0.15, 0.2) is 6.29 Å². The van der Waals surface area contributed by atoms with Gasteiger partial charge in [-0.2, -0.15) is 0 Å². The van der Waals surface area contributed by atoms with Gasteiger partial charge in [0.05, 0.1) is 13.2 Å². The van der Waals surface area contributed by atoms with E-state index in [-0.39, 0.29) is 6.29 Å². The maximum Gasteiger partial charge on any atom is 0.158 e. The Morgan fingerprint density at radius 1 is 1.50 bits per heavy atom. The van der Waals surface area contributed by atoms with Crippen molar-refractivity contribution in [2.45, 2.75) is 30.9 Å². The Morgan fingerprint density at radius 2 is 2.10 bits per heavy atom. The van der Waals surface area contributed by atoms with Gasteiger partial charge in [-0.1, -0.05) is 22.9 Å². The topological polar surface area (TPSA) is 18.5 Å². The zero-order valence-corrected chi connectivity index (χ0v) is 7.76. The Labute approximate surface area is 70.0 Å². The summed E-state index contributed by atoms with van der Waals surface area (Å²) in [6, 6.07) is 0. The molecule has 1 heterocycles. The number of ether oxygens (including phenoxy) is 2. The maximum atomic E-state index is 5.27. The Balaban J connectivity index is 2.11. The minimum atomic E-state index is 0.0457. The molecule has 1 unspecified atom stereocenters. The highest BCUT2D eigenvalue weighted by molar-refractivity contribution is 9.09. The average Bonchev–Trinajstić information content (AvgIpc) is 2.40. The second-order valence-corrected chi connectivity index (χ2v) is 3.71. The molecule has 1 fully saturated rings. The molecule has 1 atom stereocenters. The first kappa shape index (κ1) is 8.50. The fraction of sp³-hybridized carbons (Fsp3) is 1.00. The van der Waals surface area contributed by atoms with E-state index in [1.807, 2.05) is 0 Å². The van der Waals surface area contributed by atoms with E-state index in [0.29, 0.717) is 4.83 Å². The molecule has 0 aromatic rings. The lowest BCUT2D eigenvalue weighted by atomic mass is 10.2. The van der Waals surface area contributed by atoms with Crippen LogP contribution in [0.5, 0.6) is 0 Å². The lowest BCUT2D eigenvalue weighted by Crippen LogP contribution is -2.13. The second-order valence-electron chi connectivity index (χ2n) is 2.41. The summed E-state index contributed by atoms with van der Waals surface area (Å²) in [5.74, 6) is 0. The van der Waals surface area contributed by atoms with E-state index in [2.05, 4.69) is 22.9 Å². The van der Waals surface area contributed by atoms with Crippen LogP contribution in [0, 0.1) is 0 Å². The van der Waals surface area contributed by atoms with Crippen LogP contribution < -0.4 is 0 Å². The zero-order chi connectivity index (χ0) is 7.40. The number of halogens is 1. The van der Waals surface area contributed by atoms with Gasteiger partial charge in [-0.15, -0.1) is 0 Å². The van der Waals surface area contributed by atoms with Crippen molar-refractivity contribution in [3.8, 4) is 0 Å². The molecular formula is C7H13BrO2. The third kappa shape index (κ3) is 2.56. The van der Waals surface area contributed by atoms with Gasteiger partial charge in [-0.25, -0.2) is 0 Å². The fourth-order valence-corrected chi connectivity index (χ4v) is 1.22. The van der Waals surface area contributed by atoms with Crippen LogP contribution in [0.25, 0.3) is 0 Å². The van der Waals surface area contributed by atoms with Crippen molar-refractivity contribution in [1.82, 2.24) is 0 Å². The maximum absolute atomic E-state index is 5.27. The number of rotatable bonds is 3. The van der Waals surface area contributed by atoms with Gasteiger partial charge in [0, 0.05) is 11.2 Å². The quantitative estimate of drug-likeness (QED) is 0.661. The highest BCUT2D eigenvalue weighted by Gasteiger charge is 2.18. The van der Waals surface area contributed by atoms with Crippen LogP contribution in [-0.4, -0.2) is 24.3 Å². The molecule has 2 nitrogen and oxygen atoms in total. The third-order valence-electron chi connectivity index (χ3n) is 1.58. The molecule has 1 aliphatic heterocycles. The molecule has 0 spiro atoms. The number of alkyl halides is 1. The van der Waals surface area contributed by atoms with Gasteiger partial charge in [0.2, 0.25) is 0 Å². The first-order valence-corrected chi connectivity index (χ1v) is 4.61. The van der Waals surface area contributed by atoms with Gasteiger partial charge in [-0.3, -0.25) is 0 Å². The predicted molar refractivity (Wildman–Crippen MR) is 43.3 cm³/mol. The van der Waals surface area contributed by atoms with E-state index in [1.54, 1.807) is 0 Å². The highest BCUT2D eigenvalue weighted by atomic mass is 79.9. The van der Waals surface area contributed by atoms with E-state index < -0.39 is 0 Å². The second kappa shape index (κ2) is 4.31. The van der Waals surface area contributed by atoms with Crippen molar-refractivity contribution < 1.29 is 9.47 Å². The molecule has 0 aromatic heterocycles. The molecule has 3 heteroatoms. The summed E-state index contributed by atoms with van der Waals surface area (Å²) in [4.78, 5) is 0.538. The van der Waals surface area contributed by atoms with Crippen LogP contribution in [0.4, 0.5) is 0 Å². The molecule has 0 aliphatic carbocycles. The SMILES string of the molecule is CCC(Br)CC1OCCO1. The molecule has 0 saturated carbocycles. The smallest absolute Gasteiger partial charge is 0.158 e. The third-order valence-corrected chi connectivity index (χ3v) is 2.60. The van der Waals surface area contributed by atoms with Gasteiger partial charge in [0.25, 0.3) is 0 Å². The van der Waals surface area contributed by atoms with Crippen LogP contribution in [-0.2, 0) is 9.47 Å². The highest BCUT2D eigenvalue weighted by Crippen LogP contribution is 2.17. The summed E-state index contributed by atoms with van der Waals surface area (Å²) in [7, 11) is 0. The Hall–Kier alpha value is 0.400. The monoisotopic (exact) mass is 208 g/mol. The Bertz CT molecular complexity index is 91.6. The molecule has 60 valence electrons. The normalized spacial score (nSPS) is 23.4. The van der Waals surface area contributed by atoms with E-state index in [0.717, 1.165) is 26.1 Å². The first-order valence-electron chi connectivity index (χ1n) is 3.70. The van der Waals surface area contributed by atoms with Crippen molar-refractivity contribution in [2.75, 3.05) is 13.2 Å². The minimum Gasteiger partial charge on any atom is -0.350 e. The van der Waals surface area contributed by atoms with Crippen molar-refractivity contribution in [1.29, 1.82) is 0 Å². The number of hydrogen-bond donors (Lipinski definition) is 0. The van der Waals surface area contributed by atoms with E-state index in [4.69, 9.17) is 9.47 Å². The van der Waals surface area contributed by atoms with Crippen molar-refractivity contribution in [2.24, 2.45) is 0 Å². The first-order chi connectivity index (χ1) is 4.83. The Morgan fingerprint density at radius 3 is 2.60 bits per heavy atom. The largest absolute Gasteiger partial charge is 0.350 e. The molecule has 0 bridgehead atoms. The lowest BCUT2D eigenvalue weighted by Gasteiger charge is -2.11. The summed E-state index contributed by atoms with van der Waals surface area (Å²) in [5, 5.41) is 0. The zero-order valence-electron chi connectivity index (χ0n) is 6.18. The standard InChI is InChI=1S/C7H13BrO2/c1-2-6(8)5-7-9-3-4-10-7/h6-7H,2-5H2,1H3. The van der Waals surface area contributed by atoms with Gasteiger partial charge in [-0.05, 0) is 6.42 Å². The summed E-state index contributed by atoms with van der Waals surface area (Å²) >= 11 is 3.53. The molecule has 1 aliphatic rings. The van der Waals surface area contributed by atoms with Crippen molar-refractivity contribution >= 4 is 15.9 Å². The number of hydrogen-bond acceptors (Lipinski definition) is 2. The summed E-state index contributed by atoms with van der Waals surface area (Å²) < 4.78 is 10.5. The van der Waals surface area contributed by atoms with Crippen molar-refractivity contribution in [3.05, 3.63) is 0 Å². The minimum absolute atomic E-state index is 0.0457. The van der Waals surface area contributed by atoms with E-state index >= 15 is 0 Å². The molecule has 0 amide bonds. The molecule has 0 aromatic carbocycles. The molecule has 10 heavy (non-hydrogen) atoms. The average molecular weight is 209 g/mol. The predicted octanol–water partition coefficient (Wildman–Crippen LogP) is 1.92. The van der Waals surface area contributed by atoms with Crippen LogP contribution in [0.15, 0.2) is 0 Å². The van der Waals surface area contributed by atoms with E-state index in [9.17, 15) is 0 Å². The fourth-order valence-electron chi connectivity index (χ4n) is 0.919. The Kier molecular flexibility index (Phi) is 3.66. The van der Waals surface area contributed by atoms with Crippen LogP contribution in [0.3, 0.4) is 0 Å². The molecular weight excluding hydrogens is 196 g/mol. The molecule has 0 radical (unpaired) electrons. The van der Waals surface area contributed by atoms with Crippen LogP contribution in [0.2, 0.25) is 0 Å². The van der Waals surface area contributed by atoms with Gasteiger partial charge >= 0.3 is 0 Å². The summed E-state index contributed by atoms with van der Waals surface area (Å²) in [6.45, 7) is 3.66.